The number of para-hydroxylation sites is 1. The van der Waals surface area contributed by atoms with Crippen molar-refractivity contribution in [2.24, 2.45) is 0 Å². The van der Waals surface area contributed by atoms with Gasteiger partial charge in [-0.05, 0) is 23.8 Å². The highest BCUT2D eigenvalue weighted by molar-refractivity contribution is 5.79. The van der Waals surface area contributed by atoms with Crippen molar-refractivity contribution in [1.29, 1.82) is 0 Å². The Labute approximate surface area is 97.8 Å². The minimum absolute atomic E-state index is 0.0525. The van der Waals surface area contributed by atoms with Crippen LogP contribution in [0.15, 0.2) is 42.5 Å². The summed E-state index contributed by atoms with van der Waals surface area (Å²) in [5.41, 5.74) is 13.4. The monoisotopic (exact) mass is 229 g/mol. The molecule has 2 rings (SSSR count). The van der Waals surface area contributed by atoms with Crippen LogP contribution in [0.3, 0.4) is 0 Å². The molecule has 17 heavy (non-hydrogen) atoms. The molecule has 0 saturated heterocycles. The van der Waals surface area contributed by atoms with Gasteiger partial charge in [-0.2, -0.15) is 0 Å². The second-order valence-electron chi connectivity index (χ2n) is 3.62. The van der Waals surface area contributed by atoms with E-state index in [1.54, 1.807) is 36.4 Å². The van der Waals surface area contributed by atoms with E-state index in [4.69, 9.17) is 11.5 Å². The van der Waals surface area contributed by atoms with Crippen molar-refractivity contribution in [3.63, 3.8) is 0 Å². The Morgan fingerprint density at radius 1 is 1.00 bits per heavy atom. The van der Waals surface area contributed by atoms with E-state index in [1.807, 2.05) is 0 Å². The number of rotatable bonds is 2. The van der Waals surface area contributed by atoms with E-state index in [-0.39, 0.29) is 5.69 Å². The molecule has 2 aromatic rings. The molecule has 86 valence electrons. The largest absolute Gasteiger partial charge is 0.397 e. The first-order valence-corrected chi connectivity index (χ1v) is 4.98. The fraction of sp³-hybridized carbons (Fsp3) is 0. The van der Waals surface area contributed by atoms with Gasteiger partial charge in [-0.15, -0.1) is 0 Å². The molecule has 4 N–H and O–H groups in total. The van der Waals surface area contributed by atoms with Gasteiger partial charge in [0.15, 0.2) is 0 Å². The summed E-state index contributed by atoms with van der Waals surface area (Å²) in [7, 11) is 0. The summed E-state index contributed by atoms with van der Waals surface area (Å²) in [5, 5.41) is 10.9. The van der Waals surface area contributed by atoms with E-state index in [0.717, 1.165) is 0 Å². The molecule has 0 spiro atoms. The third kappa shape index (κ3) is 2.03. The minimum Gasteiger partial charge on any atom is -0.397 e. The third-order valence-corrected chi connectivity index (χ3v) is 2.50. The van der Waals surface area contributed by atoms with Crippen LogP contribution in [-0.2, 0) is 0 Å². The highest BCUT2D eigenvalue weighted by Gasteiger charge is 2.14. The van der Waals surface area contributed by atoms with Gasteiger partial charge in [0.1, 0.15) is 0 Å². The van der Waals surface area contributed by atoms with Gasteiger partial charge in [-0.25, -0.2) is 0 Å². The number of hydrogen-bond donors (Lipinski definition) is 2. The summed E-state index contributed by atoms with van der Waals surface area (Å²) in [4.78, 5) is 10.5. The zero-order valence-corrected chi connectivity index (χ0v) is 8.96. The van der Waals surface area contributed by atoms with Crippen molar-refractivity contribution >= 4 is 17.1 Å². The maximum absolute atomic E-state index is 10.9. The molecule has 0 aliphatic carbocycles. The predicted octanol–water partition coefficient (Wildman–Crippen LogP) is 2.43. The lowest BCUT2D eigenvalue weighted by Crippen LogP contribution is -1.96. The number of anilines is 2. The Bertz CT molecular complexity index is 582. The quantitative estimate of drug-likeness (QED) is 0.469. The normalized spacial score (nSPS) is 10.1. The smallest absolute Gasteiger partial charge is 0.277 e. The van der Waals surface area contributed by atoms with Gasteiger partial charge in [0.05, 0.1) is 21.9 Å². The van der Waals surface area contributed by atoms with E-state index in [0.29, 0.717) is 22.5 Å². The topological polar surface area (TPSA) is 95.2 Å². The Hall–Kier alpha value is -2.56. The maximum Gasteiger partial charge on any atom is 0.277 e. The van der Waals surface area contributed by atoms with E-state index < -0.39 is 4.92 Å². The molecule has 0 saturated carbocycles. The molecule has 2 aromatic carbocycles. The number of nitrogen functional groups attached to an aromatic ring is 2. The molecule has 5 nitrogen and oxygen atoms in total. The number of nitrogens with zero attached hydrogens (tertiary/aromatic N) is 1. The Kier molecular flexibility index (Phi) is 2.66. The standard InChI is InChI=1S/C12H11N3O2/c13-10-6-5-8(7-11(10)14)9-3-1-2-4-12(9)15(16)17/h1-7H,13-14H2. The zero-order chi connectivity index (χ0) is 12.4. The van der Waals surface area contributed by atoms with Crippen LogP contribution in [0.4, 0.5) is 17.1 Å². The lowest BCUT2D eigenvalue weighted by atomic mass is 10.0. The van der Waals surface area contributed by atoms with Gasteiger partial charge >= 0.3 is 0 Å². The van der Waals surface area contributed by atoms with Gasteiger partial charge < -0.3 is 11.5 Å². The van der Waals surface area contributed by atoms with Crippen molar-refractivity contribution in [1.82, 2.24) is 0 Å². The number of nitrogens with two attached hydrogens (primary N) is 2. The summed E-state index contributed by atoms with van der Waals surface area (Å²) in [6, 6.07) is 11.5. The Balaban J connectivity index is 2.60. The highest BCUT2D eigenvalue weighted by atomic mass is 16.6. The van der Waals surface area contributed by atoms with Gasteiger partial charge in [0.2, 0.25) is 0 Å². The Morgan fingerprint density at radius 2 is 1.71 bits per heavy atom. The highest BCUT2D eigenvalue weighted by Crippen LogP contribution is 2.31. The van der Waals surface area contributed by atoms with Crippen molar-refractivity contribution in [3.8, 4) is 11.1 Å². The summed E-state index contributed by atoms with van der Waals surface area (Å²) < 4.78 is 0. The fourth-order valence-corrected chi connectivity index (χ4v) is 1.62. The van der Waals surface area contributed by atoms with Crippen LogP contribution in [0, 0.1) is 10.1 Å². The summed E-state index contributed by atoms with van der Waals surface area (Å²) in [6.45, 7) is 0. The third-order valence-electron chi connectivity index (χ3n) is 2.50. The van der Waals surface area contributed by atoms with Crippen molar-refractivity contribution in [3.05, 3.63) is 52.6 Å². The Morgan fingerprint density at radius 3 is 2.35 bits per heavy atom. The van der Waals surface area contributed by atoms with E-state index in [2.05, 4.69) is 0 Å². The van der Waals surface area contributed by atoms with Gasteiger partial charge in [0, 0.05) is 6.07 Å². The predicted molar refractivity (Wildman–Crippen MR) is 67.4 cm³/mol. The van der Waals surface area contributed by atoms with E-state index in [1.165, 1.54) is 6.07 Å². The molecule has 0 heterocycles. The lowest BCUT2D eigenvalue weighted by Gasteiger charge is -2.05. The first kappa shape index (κ1) is 10.9. The molecule has 0 fully saturated rings. The number of nitro groups is 1. The van der Waals surface area contributed by atoms with Crippen LogP contribution in [0.2, 0.25) is 0 Å². The van der Waals surface area contributed by atoms with Gasteiger partial charge in [0.25, 0.3) is 5.69 Å². The molecular formula is C12H11N3O2. The van der Waals surface area contributed by atoms with Crippen LogP contribution < -0.4 is 11.5 Å². The van der Waals surface area contributed by atoms with Crippen molar-refractivity contribution in [2.75, 3.05) is 11.5 Å². The van der Waals surface area contributed by atoms with Gasteiger partial charge in [-0.3, -0.25) is 10.1 Å². The second-order valence-corrected chi connectivity index (χ2v) is 3.62. The SMILES string of the molecule is Nc1ccc(-c2ccccc2[N+](=O)[O-])cc1N. The minimum atomic E-state index is -0.415. The molecule has 5 heteroatoms. The number of hydrogen-bond acceptors (Lipinski definition) is 4. The molecule has 0 radical (unpaired) electrons. The molecule has 0 aliphatic heterocycles. The molecular weight excluding hydrogens is 218 g/mol. The molecule has 0 aromatic heterocycles. The fourth-order valence-electron chi connectivity index (χ4n) is 1.62. The molecule has 0 atom stereocenters. The van der Waals surface area contributed by atoms with Crippen LogP contribution >= 0.6 is 0 Å². The average molecular weight is 229 g/mol. The maximum atomic E-state index is 10.9. The lowest BCUT2D eigenvalue weighted by molar-refractivity contribution is -0.384. The summed E-state index contributed by atoms with van der Waals surface area (Å²) in [6.07, 6.45) is 0. The van der Waals surface area contributed by atoms with E-state index >= 15 is 0 Å². The van der Waals surface area contributed by atoms with Crippen LogP contribution in [0.1, 0.15) is 0 Å². The van der Waals surface area contributed by atoms with Crippen molar-refractivity contribution in [2.45, 2.75) is 0 Å². The average Bonchev–Trinajstić information content (AvgIpc) is 2.32. The zero-order valence-electron chi connectivity index (χ0n) is 8.96. The van der Waals surface area contributed by atoms with Crippen molar-refractivity contribution < 1.29 is 4.92 Å². The molecule has 0 amide bonds. The van der Waals surface area contributed by atoms with Crippen LogP contribution in [0.25, 0.3) is 11.1 Å². The molecule has 0 aliphatic rings. The summed E-state index contributed by atoms with van der Waals surface area (Å²) >= 11 is 0. The first-order valence-electron chi connectivity index (χ1n) is 4.98. The number of nitro benzene ring substituents is 1. The van der Waals surface area contributed by atoms with Crippen LogP contribution in [-0.4, -0.2) is 4.92 Å². The van der Waals surface area contributed by atoms with Crippen LogP contribution in [0.5, 0.6) is 0 Å². The summed E-state index contributed by atoms with van der Waals surface area (Å²) in [5.74, 6) is 0. The number of benzene rings is 2. The van der Waals surface area contributed by atoms with Gasteiger partial charge in [-0.1, -0.05) is 18.2 Å². The van der Waals surface area contributed by atoms with E-state index in [9.17, 15) is 10.1 Å². The molecule has 0 unspecified atom stereocenters. The molecule has 0 bridgehead atoms. The first-order chi connectivity index (χ1) is 8.09. The second kappa shape index (κ2) is 4.13.